The van der Waals surface area contributed by atoms with Crippen LogP contribution < -0.4 is 11.1 Å². The minimum absolute atomic E-state index is 0.317. The third-order valence-corrected chi connectivity index (χ3v) is 2.89. The molecule has 3 heteroatoms. The molecule has 0 heterocycles. The molecule has 0 radical (unpaired) electrons. The molecule has 0 fully saturated rings. The maximum atomic E-state index is 5.41. The van der Waals surface area contributed by atoms with Crippen LogP contribution in [0.5, 0.6) is 0 Å². The summed E-state index contributed by atoms with van der Waals surface area (Å²) in [6.07, 6.45) is 7.80. The molecule has 0 aromatic heterocycles. The Labute approximate surface area is 110 Å². The van der Waals surface area contributed by atoms with Gasteiger partial charge in [0.25, 0.3) is 0 Å². The van der Waals surface area contributed by atoms with Crippen molar-refractivity contribution in [3.05, 3.63) is 29.8 Å². The number of anilines is 1. The highest BCUT2D eigenvalue weighted by atomic mass is 32.1. The zero-order chi connectivity index (χ0) is 12.5. The number of hydrogen-bond donors (Lipinski definition) is 2. The van der Waals surface area contributed by atoms with E-state index < -0.39 is 0 Å². The van der Waals surface area contributed by atoms with Gasteiger partial charge in [0, 0.05) is 5.69 Å². The summed E-state index contributed by atoms with van der Waals surface area (Å²) in [5.41, 5.74) is 7.76. The van der Waals surface area contributed by atoms with Crippen molar-refractivity contribution in [2.45, 2.75) is 45.4 Å². The number of rotatable bonds is 7. The van der Waals surface area contributed by atoms with Gasteiger partial charge in [0.05, 0.1) is 0 Å². The molecule has 0 bridgehead atoms. The van der Waals surface area contributed by atoms with E-state index in [1.807, 2.05) is 12.1 Å². The van der Waals surface area contributed by atoms with Crippen LogP contribution in [0, 0.1) is 0 Å². The lowest BCUT2D eigenvalue weighted by Gasteiger charge is -2.05. The van der Waals surface area contributed by atoms with Crippen LogP contribution in [0.4, 0.5) is 5.69 Å². The van der Waals surface area contributed by atoms with Gasteiger partial charge in [-0.05, 0) is 42.8 Å². The highest BCUT2D eigenvalue weighted by Gasteiger charge is 1.96. The fourth-order valence-corrected chi connectivity index (χ4v) is 1.95. The van der Waals surface area contributed by atoms with Crippen LogP contribution >= 0.6 is 12.2 Å². The summed E-state index contributed by atoms with van der Waals surface area (Å²) in [6.45, 7) is 2.24. The Bertz CT molecular complexity index is 333. The molecular formula is C14H22N2S. The molecule has 0 saturated heterocycles. The maximum Gasteiger partial charge on any atom is 0.168 e. The molecule has 1 aromatic carbocycles. The fourth-order valence-electron chi connectivity index (χ4n) is 1.83. The molecule has 17 heavy (non-hydrogen) atoms. The molecule has 0 aliphatic heterocycles. The van der Waals surface area contributed by atoms with Crippen molar-refractivity contribution >= 4 is 23.0 Å². The topological polar surface area (TPSA) is 38.0 Å². The van der Waals surface area contributed by atoms with Gasteiger partial charge in [0.15, 0.2) is 5.11 Å². The lowest BCUT2D eigenvalue weighted by atomic mass is 10.1. The predicted octanol–water partition coefficient (Wildman–Crippen LogP) is 3.86. The summed E-state index contributed by atoms with van der Waals surface area (Å²) in [6, 6.07) is 8.34. The molecule has 0 spiro atoms. The third-order valence-electron chi connectivity index (χ3n) is 2.79. The third kappa shape index (κ3) is 6.27. The highest BCUT2D eigenvalue weighted by molar-refractivity contribution is 7.80. The van der Waals surface area contributed by atoms with Crippen LogP contribution in [0.25, 0.3) is 0 Å². The number of aryl methyl sites for hydroxylation is 1. The molecule has 0 aliphatic carbocycles. The Morgan fingerprint density at radius 3 is 2.35 bits per heavy atom. The summed E-state index contributed by atoms with van der Waals surface area (Å²) in [7, 11) is 0. The molecule has 0 saturated carbocycles. The number of hydrogen-bond acceptors (Lipinski definition) is 1. The number of unbranched alkanes of at least 4 members (excludes halogenated alkanes) is 4. The SMILES string of the molecule is CCCCCCCc1ccc(NC(N)=S)cc1. The zero-order valence-corrected chi connectivity index (χ0v) is 11.4. The van der Waals surface area contributed by atoms with Crippen LogP contribution in [-0.2, 0) is 6.42 Å². The first-order valence-corrected chi connectivity index (χ1v) is 6.78. The number of benzene rings is 1. The van der Waals surface area contributed by atoms with Gasteiger partial charge in [-0.2, -0.15) is 0 Å². The standard InChI is InChI=1S/C14H22N2S/c1-2-3-4-5-6-7-12-8-10-13(11-9-12)16-14(15)17/h8-11H,2-7H2,1H3,(H3,15,16,17). The van der Waals surface area contributed by atoms with E-state index in [0.29, 0.717) is 5.11 Å². The van der Waals surface area contributed by atoms with Crippen LogP contribution in [0.15, 0.2) is 24.3 Å². The van der Waals surface area contributed by atoms with Gasteiger partial charge in [0.1, 0.15) is 0 Å². The molecular weight excluding hydrogens is 228 g/mol. The molecule has 3 N–H and O–H groups in total. The van der Waals surface area contributed by atoms with Crippen LogP contribution in [-0.4, -0.2) is 5.11 Å². The Morgan fingerprint density at radius 2 is 1.76 bits per heavy atom. The first-order valence-electron chi connectivity index (χ1n) is 6.37. The lowest BCUT2D eigenvalue weighted by molar-refractivity contribution is 0.632. The van der Waals surface area contributed by atoms with Crippen molar-refractivity contribution in [2.24, 2.45) is 5.73 Å². The number of thiocarbonyl (C=S) groups is 1. The molecule has 0 atom stereocenters. The Balaban J connectivity index is 2.28. The lowest BCUT2D eigenvalue weighted by Crippen LogP contribution is -2.18. The normalized spacial score (nSPS) is 10.2. The Morgan fingerprint density at radius 1 is 1.12 bits per heavy atom. The van der Waals surface area contributed by atoms with E-state index in [-0.39, 0.29) is 0 Å². The first-order chi connectivity index (χ1) is 8.22. The number of nitrogens with two attached hydrogens (primary N) is 1. The quantitative estimate of drug-likeness (QED) is 0.570. The largest absolute Gasteiger partial charge is 0.376 e. The molecule has 94 valence electrons. The monoisotopic (exact) mass is 250 g/mol. The van der Waals surface area contributed by atoms with Crippen molar-refractivity contribution < 1.29 is 0 Å². The van der Waals surface area contributed by atoms with Gasteiger partial charge in [-0.15, -0.1) is 0 Å². The van der Waals surface area contributed by atoms with E-state index in [1.165, 1.54) is 37.7 Å². The van der Waals surface area contributed by atoms with Gasteiger partial charge >= 0.3 is 0 Å². The molecule has 1 rings (SSSR count). The van der Waals surface area contributed by atoms with Gasteiger partial charge in [0.2, 0.25) is 0 Å². The van der Waals surface area contributed by atoms with E-state index in [2.05, 4.69) is 24.4 Å². The van der Waals surface area contributed by atoms with Crippen molar-refractivity contribution in [1.29, 1.82) is 0 Å². The smallest absolute Gasteiger partial charge is 0.168 e. The Hall–Kier alpha value is -1.09. The fraction of sp³-hybridized carbons (Fsp3) is 0.500. The second kappa shape index (κ2) is 8.07. The minimum atomic E-state index is 0.317. The summed E-state index contributed by atoms with van der Waals surface area (Å²) >= 11 is 4.79. The second-order valence-corrected chi connectivity index (χ2v) is 4.79. The van der Waals surface area contributed by atoms with E-state index in [9.17, 15) is 0 Å². The van der Waals surface area contributed by atoms with Gasteiger partial charge in [-0.25, -0.2) is 0 Å². The summed E-state index contributed by atoms with van der Waals surface area (Å²) in [5, 5.41) is 3.24. The summed E-state index contributed by atoms with van der Waals surface area (Å²) < 4.78 is 0. The van der Waals surface area contributed by atoms with Gasteiger partial charge in [-0.3, -0.25) is 0 Å². The molecule has 2 nitrogen and oxygen atoms in total. The minimum Gasteiger partial charge on any atom is -0.376 e. The van der Waals surface area contributed by atoms with Crippen LogP contribution in [0.2, 0.25) is 0 Å². The van der Waals surface area contributed by atoms with Crippen molar-refractivity contribution in [3.63, 3.8) is 0 Å². The van der Waals surface area contributed by atoms with Crippen LogP contribution in [0.3, 0.4) is 0 Å². The maximum absolute atomic E-state index is 5.41. The van der Waals surface area contributed by atoms with Gasteiger partial charge in [-0.1, -0.05) is 44.7 Å². The zero-order valence-electron chi connectivity index (χ0n) is 10.5. The van der Waals surface area contributed by atoms with E-state index in [0.717, 1.165) is 12.1 Å². The van der Waals surface area contributed by atoms with Crippen molar-refractivity contribution in [2.75, 3.05) is 5.32 Å². The average Bonchev–Trinajstić information content (AvgIpc) is 2.30. The van der Waals surface area contributed by atoms with E-state index in [4.69, 9.17) is 18.0 Å². The molecule has 0 aliphatic rings. The highest BCUT2D eigenvalue weighted by Crippen LogP contribution is 2.12. The van der Waals surface area contributed by atoms with Crippen molar-refractivity contribution in [1.82, 2.24) is 0 Å². The molecule has 0 unspecified atom stereocenters. The summed E-state index contributed by atoms with van der Waals surface area (Å²) in [4.78, 5) is 0. The molecule has 1 aromatic rings. The van der Waals surface area contributed by atoms with Gasteiger partial charge < -0.3 is 11.1 Å². The van der Waals surface area contributed by atoms with Crippen LogP contribution in [0.1, 0.15) is 44.6 Å². The predicted molar refractivity (Wildman–Crippen MR) is 79.3 cm³/mol. The molecule has 0 amide bonds. The van der Waals surface area contributed by atoms with Crippen molar-refractivity contribution in [3.8, 4) is 0 Å². The number of nitrogens with one attached hydrogen (secondary N) is 1. The first kappa shape index (κ1) is 14.0. The average molecular weight is 250 g/mol. The van der Waals surface area contributed by atoms with E-state index in [1.54, 1.807) is 0 Å². The second-order valence-electron chi connectivity index (χ2n) is 4.35. The van der Waals surface area contributed by atoms with E-state index >= 15 is 0 Å². The Kier molecular flexibility index (Phi) is 6.63. The summed E-state index contributed by atoms with van der Waals surface area (Å²) in [5.74, 6) is 0.